The van der Waals surface area contributed by atoms with Crippen LogP contribution in [-0.4, -0.2) is 25.2 Å². The zero-order valence-corrected chi connectivity index (χ0v) is 14.1. The highest BCUT2D eigenvalue weighted by Crippen LogP contribution is 2.19. The van der Waals surface area contributed by atoms with Crippen LogP contribution in [0.3, 0.4) is 0 Å². The number of anilines is 3. The fourth-order valence-corrected chi connectivity index (χ4v) is 2.18. The molecule has 6 heteroatoms. The lowest BCUT2D eigenvalue weighted by molar-refractivity contribution is -0.116. The van der Waals surface area contributed by atoms with Gasteiger partial charge in [-0.15, -0.1) is 0 Å². The summed E-state index contributed by atoms with van der Waals surface area (Å²) in [5.74, 6) is 0.746. The lowest BCUT2D eigenvalue weighted by Crippen LogP contribution is -2.23. The van der Waals surface area contributed by atoms with Crippen molar-refractivity contribution in [3.8, 4) is 5.75 Å². The molecule has 2 aromatic rings. The summed E-state index contributed by atoms with van der Waals surface area (Å²) < 4.78 is 5.17. The normalized spacial score (nSPS) is 9.87. The highest BCUT2D eigenvalue weighted by Gasteiger charge is 2.05. The maximum atomic E-state index is 11.3. The predicted octanol–water partition coefficient (Wildman–Crippen LogP) is 3.49. The predicted molar refractivity (Wildman–Crippen MR) is 98.4 cm³/mol. The van der Waals surface area contributed by atoms with E-state index in [4.69, 9.17) is 17.0 Å². The summed E-state index contributed by atoms with van der Waals surface area (Å²) in [6.45, 7) is 1.53. The van der Waals surface area contributed by atoms with Gasteiger partial charge in [0.15, 0.2) is 5.11 Å². The van der Waals surface area contributed by atoms with Gasteiger partial charge in [0.2, 0.25) is 5.91 Å². The number of rotatable bonds is 4. The van der Waals surface area contributed by atoms with Crippen molar-refractivity contribution < 1.29 is 9.53 Å². The Bertz CT molecular complexity index is 701. The number of methoxy groups -OCH3 is 1. The van der Waals surface area contributed by atoms with Crippen molar-refractivity contribution >= 4 is 40.3 Å². The summed E-state index contributed by atoms with van der Waals surface area (Å²) in [6.07, 6.45) is 0. The second-order valence-corrected chi connectivity index (χ2v) is 5.34. The zero-order chi connectivity index (χ0) is 16.8. The third kappa shape index (κ3) is 4.69. The molecule has 0 spiro atoms. The molecule has 0 radical (unpaired) electrons. The highest BCUT2D eigenvalue weighted by molar-refractivity contribution is 7.80. The van der Waals surface area contributed by atoms with Crippen LogP contribution in [0.4, 0.5) is 17.1 Å². The first-order chi connectivity index (χ1) is 11.0. The van der Waals surface area contributed by atoms with E-state index in [0.717, 1.165) is 22.8 Å². The van der Waals surface area contributed by atoms with Crippen molar-refractivity contribution in [3.63, 3.8) is 0 Å². The van der Waals surface area contributed by atoms with E-state index in [1.54, 1.807) is 19.1 Å². The molecule has 0 saturated carbocycles. The van der Waals surface area contributed by atoms with Gasteiger partial charge in [0.25, 0.3) is 0 Å². The standard InChI is InChI=1S/C17H19N3O2S/c1-12(21)20(2)15-9-7-13(8-10-15)18-17(23)19-14-5-4-6-16(11-14)22-3/h4-11H,1-3H3,(H2,18,19,23). The first kappa shape index (κ1) is 16.8. The molecule has 2 aromatic carbocycles. The number of hydrogen-bond donors (Lipinski definition) is 2. The van der Waals surface area contributed by atoms with Crippen molar-refractivity contribution in [2.24, 2.45) is 0 Å². The zero-order valence-electron chi connectivity index (χ0n) is 13.3. The van der Waals surface area contributed by atoms with Crippen molar-refractivity contribution in [1.82, 2.24) is 0 Å². The first-order valence-electron chi connectivity index (χ1n) is 7.06. The van der Waals surface area contributed by atoms with Crippen molar-refractivity contribution in [3.05, 3.63) is 48.5 Å². The quantitative estimate of drug-likeness (QED) is 0.841. The molecule has 0 heterocycles. The van der Waals surface area contributed by atoms with Crippen LogP contribution in [0.1, 0.15) is 6.92 Å². The molecule has 0 aliphatic rings. The number of hydrogen-bond acceptors (Lipinski definition) is 3. The van der Waals surface area contributed by atoms with E-state index in [9.17, 15) is 4.79 Å². The summed E-state index contributed by atoms with van der Waals surface area (Å²) in [4.78, 5) is 12.9. The monoisotopic (exact) mass is 329 g/mol. The van der Waals surface area contributed by atoms with Crippen LogP contribution in [0.5, 0.6) is 5.75 Å². The Morgan fingerprint density at radius 3 is 2.35 bits per heavy atom. The van der Waals surface area contributed by atoms with E-state index in [2.05, 4.69) is 10.6 Å². The molecule has 0 fully saturated rings. The number of nitrogens with one attached hydrogen (secondary N) is 2. The van der Waals surface area contributed by atoms with Crippen LogP contribution in [0.15, 0.2) is 48.5 Å². The molecule has 2 rings (SSSR count). The molecule has 0 atom stereocenters. The maximum Gasteiger partial charge on any atom is 0.223 e. The molecule has 0 aliphatic carbocycles. The molecule has 5 nitrogen and oxygen atoms in total. The van der Waals surface area contributed by atoms with Gasteiger partial charge in [0.05, 0.1) is 7.11 Å². The number of thiocarbonyl (C=S) groups is 1. The number of amides is 1. The van der Waals surface area contributed by atoms with Crippen molar-refractivity contribution in [2.45, 2.75) is 6.92 Å². The first-order valence-corrected chi connectivity index (χ1v) is 7.47. The van der Waals surface area contributed by atoms with E-state index in [-0.39, 0.29) is 5.91 Å². The van der Waals surface area contributed by atoms with Crippen LogP contribution in [-0.2, 0) is 4.79 Å². The molecule has 0 aliphatic heterocycles. The third-order valence-corrected chi connectivity index (χ3v) is 3.52. The van der Waals surface area contributed by atoms with Gasteiger partial charge in [-0.05, 0) is 48.6 Å². The summed E-state index contributed by atoms with van der Waals surface area (Å²) in [6, 6.07) is 15.0. The lowest BCUT2D eigenvalue weighted by Gasteiger charge is -2.16. The molecule has 0 bridgehead atoms. The molecule has 0 saturated heterocycles. The van der Waals surface area contributed by atoms with Crippen LogP contribution < -0.4 is 20.3 Å². The average molecular weight is 329 g/mol. The topological polar surface area (TPSA) is 53.6 Å². The number of carbonyl (C=O) groups excluding carboxylic acids is 1. The molecule has 0 aromatic heterocycles. The SMILES string of the molecule is COc1cccc(NC(=S)Nc2ccc(N(C)C(C)=O)cc2)c1. The largest absolute Gasteiger partial charge is 0.497 e. The number of carbonyl (C=O) groups is 1. The minimum Gasteiger partial charge on any atom is -0.497 e. The van der Waals surface area contributed by atoms with Crippen LogP contribution in [0, 0.1) is 0 Å². The molecular weight excluding hydrogens is 310 g/mol. The van der Waals surface area contributed by atoms with Gasteiger partial charge in [0, 0.05) is 37.1 Å². The van der Waals surface area contributed by atoms with Crippen LogP contribution in [0.25, 0.3) is 0 Å². The van der Waals surface area contributed by atoms with Gasteiger partial charge in [-0.3, -0.25) is 4.79 Å². The lowest BCUT2D eigenvalue weighted by atomic mass is 10.2. The maximum absolute atomic E-state index is 11.3. The van der Waals surface area contributed by atoms with Gasteiger partial charge in [0.1, 0.15) is 5.75 Å². The van der Waals surface area contributed by atoms with Crippen molar-refractivity contribution in [2.75, 3.05) is 29.7 Å². The highest BCUT2D eigenvalue weighted by atomic mass is 32.1. The second kappa shape index (κ2) is 7.60. The smallest absolute Gasteiger partial charge is 0.223 e. The summed E-state index contributed by atoms with van der Waals surface area (Å²) in [5, 5.41) is 6.67. The minimum absolute atomic E-state index is 0.0130. The average Bonchev–Trinajstić information content (AvgIpc) is 2.54. The van der Waals surface area contributed by atoms with Crippen LogP contribution in [0.2, 0.25) is 0 Å². The van der Waals surface area contributed by atoms with Gasteiger partial charge >= 0.3 is 0 Å². The second-order valence-electron chi connectivity index (χ2n) is 4.94. The molecule has 120 valence electrons. The van der Waals surface area contributed by atoms with E-state index in [0.29, 0.717) is 5.11 Å². The number of nitrogens with zero attached hydrogens (tertiary/aromatic N) is 1. The molecule has 1 amide bonds. The molecular formula is C17H19N3O2S. The van der Waals surface area contributed by atoms with Gasteiger partial charge < -0.3 is 20.3 Å². The van der Waals surface area contributed by atoms with E-state index in [1.807, 2.05) is 48.5 Å². The fourth-order valence-electron chi connectivity index (χ4n) is 1.94. The Kier molecular flexibility index (Phi) is 5.54. The van der Waals surface area contributed by atoms with E-state index < -0.39 is 0 Å². The van der Waals surface area contributed by atoms with Crippen molar-refractivity contribution in [1.29, 1.82) is 0 Å². The van der Waals surface area contributed by atoms with E-state index >= 15 is 0 Å². The Hall–Kier alpha value is -2.60. The fraction of sp³-hybridized carbons (Fsp3) is 0.176. The van der Waals surface area contributed by atoms with Crippen LogP contribution >= 0.6 is 12.2 Å². The molecule has 23 heavy (non-hydrogen) atoms. The summed E-state index contributed by atoms with van der Waals surface area (Å²) in [5.41, 5.74) is 2.51. The number of ether oxygens (including phenoxy) is 1. The van der Waals surface area contributed by atoms with Gasteiger partial charge in [-0.25, -0.2) is 0 Å². The molecule has 2 N–H and O–H groups in total. The Morgan fingerprint density at radius 2 is 1.74 bits per heavy atom. The summed E-state index contributed by atoms with van der Waals surface area (Å²) in [7, 11) is 3.36. The summed E-state index contributed by atoms with van der Waals surface area (Å²) >= 11 is 5.30. The Morgan fingerprint density at radius 1 is 1.09 bits per heavy atom. The number of benzene rings is 2. The molecule has 0 unspecified atom stereocenters. The Balaban J connectivity index is 1.98. The van der Waals surface area contributed by atoms with E-state index in [1.165, 1.54) is 6.92 Å². The van der Waals surface area contributed by atoms with Gasteiger partial charge in [-0.1, -0.05) is 6.07 Å². The minimum atomic E-state index is -0.0130. The third-order valence-electron chi connectivity index (χ3n) is 3.31. The van der Waals surface area contributed by atoms with Gasteiger partial charge in [-0.2, -0.15) is 0 Å². The Labute approximate surface area is 141 Å².